The molecule has 24 heavy (non-hydrogen) atoms. The number of hydrogen-bond donors (Lipinski definition) is 2. The summed E-state index contributed by atoms with van der Waals surface area (Å²) < 4.78 is 6.74. The summed E-state index contributed by atoms with van der Waals surface area (Å²) in [5, 5.41) is 17.2. The van der Waals surface area contributed by atoms with Gasteiger partial charge in [-0.15, -0.1) is 0 Å². The fraction of sp³-hybridized carbons (Fsp3) is 0.533. The van der Waals surface area contributed by atoms with E-state index in [1.54, 1.807) is 19.2 Å². The molecular weight excluding hydrogens is 446 g/mol. The molecule has 0 aromatic heterocycles. The highest BCUT2D eigenvalue weighted by Gasteiger charge is 2.50. The van der Waals surface area contributed by atoms with Crippen molar-refractivity contribution in [2.45, 2.75) is 24.3 Å². The highest BCUT2D eigenvalue weighted by molar-refractivity contribution is 9.11. The molecule has 2 N–H and O–H groups in total. The van der Waals surface area contributed by atoms with E-state index in [0.29, 0.717) is 28.8 Å². The Balaban J connectivity index is 2.60. The minimum Gasteiger partial charge on any atom is -0.496 e. The molecule has 2 rings (SSSR count). The van der Waals surface area contributed by atoms with E-state index < -0.39 is 11.5 Å². The first-order valence-electron chi connectivity index (χ1n) is 7.47. The molecule has 0 radical (unpaired) electrons. The number of methoxy groups -OCH3 is 1. The monoisotopic (exact) mass is 463 g/mol. The van der Waals surface area contributed by atoms with Gasteiger partial charge in [0.25, 0.3) is 0 Å². The zero-order chi connectivity index (χ0) is 17.9. The van der Waals surface area contributed by atoms with Crippen LogP contribution in [0.25, 0.3) is 0 Å². The van der Waals surface area contributed by atoms with E-state index in [4.69, 9.17) is 4.74 Å². The summed E-state index contributed by atoms with van der Waals surface area (Å²) in [6.45, 7) is 0.288. The van der Waals surface area contributed by atoms with Crippen molar-refractivity contribution in [3.63, 3.8) is 0 Å². The molecule has 1 amide bonds. The molecule has 0 aliphatic carbocycles. The molecule has 1 saturated heterocycles. The maximum Gasteiger partial charge on any atom is 0.240 e. The van der Waals surface area contributed by atoms with Gasteiger partial charge in [-0.2, -0.15) is 0 Å². The number of amides is 1. The lowest BCUT2D eigenvalue weighted by atomic mass is 9.77. The van der Waals surface area contributed by atoms with Crippen molar-refractivity contribution in [3.05, 3.63) is 36.8 Å². The van der Waals surface area contributed by atoms with E-state index >= 15 is 0 Å². The standard InChI is InChI=1S/C15H19Br2N3O4/c1-18-14(21)15(4-3-5-19-15)10(8-20(22)23)9-6-13(24-2)12(17)7-11(9)16/h6-7,10,19H,3-5,8H2,1-2H3,(H,18,21)/t10-,15+/m1/s1. The number of halogens is 2. The Morgan fingerprint density at radius 1 is 1.50 bits per heavy atom. The first kappa shape index (κ1) is 19.1. The summed E-state index contributed by atoms with van der Waals surface area (Å²) in [7, 11) is 3.08. The fourth-order valence-corrected chi connectivity index (χ4v) is 4.71. The second-order valence-corrected chi connectivity index (χ2v) is 7.37. The lowest BCUT2D eigenvalue weighted by Crippen LogP contribution is -2.58. The summed E-state index contributed by atoms with van der Waals surface area (Å²) in [5.41, 5.74) is -0.340. The van der Waals surface area contributed by atoms with Gasteiger partial charge in [0.05, 0.1) is 17.5 Å². The average Bonchev–Trinajstić information content (AvgIpc) is 3.03. The van der Waals surface area contributed by atoms with Gasteiger partial charge in [-0.25, -0.2) is 0 Å². The molecule has 1 fully saturated rings. The number of hydrogen-bond acceptors (Lipinski definition) is 5. The van der Waals surface area contributed by atoms with Crippen molar-refractivity contribution < 1.29 is 14.5 Å². The molecular formula is C15H19Br2N3O4. The molecule has 1 aliphatic heterocycles. The Morgan fingerprint density at radius 3 is 2.71 bits per heavy atom. The SMILES string of the molecule is CNC(=O)[C@@]1([C@H](C[N+](=O)[O-])c2cc(OC)c(Br)cc2Br)CCCN1. The topological polar surface area (TPSA) is 93.5 Å². The van der Waals surface area contributed by atoms with Gasteiger partial charge in [-0.05, 0) is 53.0 Å². The van der Waals surface area contributed by atoms with Crippen LogP contribution in [0.3, 0.4) is 0 Å². The van der Waals surface area contributed by atoms with Crippen LogP contribution in [0.1, 0.15) is 24.3 Å². The van der Waals surface area contributed by atoms with Crippen LogP contribution in [0.15, 0.2) is 21.1 Å². The largest absolute Gasteiger partial charge is 0.496 e. The van der Waals surface area contributed by atoms with E-state index in [1.165, 1.54) is 7.11 Å². The number of nitrogens with zero attached hydrogens (tertiary/aromatic N) is 1. The van der Waals surface area contributed by atoms with E-state index in [1.807, 2.05) is 0 Å². The molecule has 2 atom stereocenters. The molecule has 1 aliphatic rings. The van der Waals surface area contributed by atoms with Gasteiger partial charge in [0.1, 0.15) is 11.3 Å². The molecule has 0 saturated carbocycles. The quantitative estimate of drug-likeness (QED) is 0.498. The summed E-state index contributed by atoms with van der Waals surface area (Å²) in [6, 6.07) is 3.53. The fourth-order valence-electron chi connectivity index (χ4n) is 3.28. The van der Waals surface area contributed by atoms with Crippen molar-refractivity contribution in [1.29, 1.82) is 0 Å². The minimum absolute atomic E-state index is 0.236. The third-order valence-corrected chi connectivity index (χ3v) is 5.70. The smallest absolute Gasteiger partial charge is 0.240 e. The number of carbonyl (C=O) groups excluding carboxylic acids is 1. The Kier molecular flexibility index (Phi) is 6.22. The number of carbonyl (C=O) groups is 1. The zero-order valence-corrected chi connectivity index (χ0v) is 16.6. The van der Waals surface area contributed by atoms with Gasteiger partial charge in [0.2, 0.25) is 12.5 Å². The van der Waals surface area contributed by atoms with Crippen LogP contribution < -0.4 is 15.4 Å². The summed E-state index contributed by atoms with van der Waals surface area (Å²) >= 11 is 6.87. The number of nitrogens with one attached hydrogen (secondary N) is 2. The molecule has 0 spiro atoms. The molecule has 132 valence electrons. The van der Waals surface area contributed by atoms with Crippen LogP contribution in [0.4, 0.5) is 0 Å². The molecule has 0 unspecified atom stereocenters. The number of likely N-dealkylation sites (N-methyl/N-ethyl adjacent to an activating group) is 1. The van der Waals surface area contributed by atoms with Crippen molar-refractivity contribution in [3.8, 4) is 5.75 Å². The predicted molar refractivity (Wildman–Crippen MR) is 97.0 cm³/mol. The Morgan fingerprint density at radius 2 is 2.21 bits per heavy atom. The van der Waals surface area contributed by atoms with Crippen LogP contribution >= 0.6 is 31.9 Å². The Labute approximate surface area is 156 Å². The summed E-state index contributed by atoms with van der Waals surface area (Å²) in [5.74, 6) is -0.307. The van der Waals surface area contributed by atoms with Gasteiger partial charge in [0, 0.05) is 16.4 Å². The second kappa shape index (κ2) is 7.79. The normalized spacial score (nSPS) is 21.3. The van der Waals surface area contributed by atoms with Crippen molar-refractivity contribution >= 4 is 37.8 Å². The predicted octanol–water partition coefficient (Wildman–Crippen LogP) is 2.45. The minimum atomic E-state index is -1.01. The van der Waals surface area contributed by atoms with Gasteiger partial charge in [-0.1, -0.05) is 15.9 Å². The highest BCUT2D eigenvalue weighted by atomic mass is 79.9. The van der Waals surface area contributed by atoms with Crippen LogP contribution in [0.5, 0.6) is 5.75 Å². The van der Waals surface area contributed by atoms with E-state index in [9.17, 15) is 14.9 Å². The lowest BCUT2D eigenvalue weighted by Gasteiger charge is -2.34. The maximum atomic E-state index is 12.6. The van der Waals surface area contributed by atoms with Gasteiger partial charge in [0.15, 0.2) is 0 Å². The lowest BCUT2D eigenvalue weighted by molar-refractivity contribution is -0.485. The first-order valence-corrected chi connectivity index (χ1v) is 9.06. The van der Waals surface area contributed by atoms with Crippen LogP contribution in [-0.4, -0.2) is 43.6 Å². The third kappa shape index (κ3) is 3.57. The van der Waals surface area contributed by atoms with Crippen molar-refractivity contribution in [2.24, 2.45) is 0 Å². The molecule has 1 heterocycles. The van der Waals surface area contributed by atoms with Crippen LogP contribution in [-0.2, 0) is 4.79 Å². The van der Waals surface area contributed by atoms with E-state index in [-0.39, 0.29) is 17.4 Å². The number of rotatable bonds is 6. The van der Waals surface area contributed by atoms with Gasteiger partial charge in [-0.3, -0.25) is 14.9 Å². The number of nitro groups is 1. The average molecular weight is 465 g/mol. The molecule has 1 aromatic carbocycles. The maximum absolute atomic E-state index is 12.6. The molecule has 7 nitrogen and oxygen atoms in total. The van der Waals surface area contributed by atoms with Gasteiger partial charge < -0.3 is 15.4 Å². The highest BCUT2D eigenvalue weighted by Crippen LogP contribution is 2.42. The van der Waals surface area contributed by atoms with Crippen LogP contribution in [0, 0.1) is 10.1 Å². The second-order valence-electron chi connectivity index (χ2n) is 5.66. The van der Waals surface area contributed by atoms with Crippen LogP contribution in [0.2, 0.25) is 0 Å². The first-order chi connectivity index (χ1) is 11.4. The third-order valence-electron chi connectivity index (χ3n) is 4.39. The molecule has 9 heteroatoms. The van der Waals surface area contributed by atoms with Crippen molar-refractivity contribution in [1.82, 2.24) is 10.6 Å². The Hall–Kier alpha value is -1.19. The van der Waals surface area contributed by atoms with E-state index in [0.717, 1.165) is 10.9 Å². The number of ether oxygens (including phenoxy) is 1. The molecule has 1 aromatic rings. The van der Waals surface area contributed by atoms with E-state index in [2.05, 4.69) is 42.5 Å². The number of benzene rings is 1. The van der Waals surface area contributed by atoms with Gasteiger partial charge >= 0.3 is 0 Å². The summed E-state index contributed by atoms with van der Waals surface area (Å²) in [6.07, 6.45) is 1.32. The Bertz CT molecular complexity index is 648. The van der Waals surface area contributed by atoms with Crippen molar-refractivity contribution in [2.75, 3.05) is 27.2 Å². The molecule has 0 bridgehead atoms. The summed E-state index contributed by atoms with van der Waals surface area (Å²) in [4.78, 5) is 23.6. The zero-order valence-electron chi connectivity index (χ0n) is 13.4.